The smallest absolute Gasteiger partial charge is 0.265 e. The molecule has 4 nitrogen and oxygen atoms in total. The molecule has 116 valence electrons. The first-order valence-electron chi connectivity index (χ1n) is 7.20. The highest BCUT2D eigenvalue weighted by molar-refractivity contribution is 5.96. The predicted octanol–water partition coefficient (Wildman–Crippen LogP) is 3.78. The number of amides is 1. The van der Waals surface area contributed by atoms with Gasteiger partial charge in [-0.15, -0.1) is 0 Å². The van der Waals surface area contributed by atoms with E-state index >= 15 is 0 Å². The zero-order valence-corrected chi connectivity index (χ0v) is 12.5. The molecule has 0 fully saturated rings. The summed E-state index contributed by atoms with van der Waals surface area (Å²) in [6.07, 6.45) is 0.969. The first-order valence-corrected chi connectivity index (χ1v) is 7.20. The summed E-state index contributed by atoms with van der Waals surface area (Å²) in [7, 11) is 0. The highest BCUT2D eigenvalue weighted by Gasteiger charge is 2.15. The number of hydrogen-bond donors (Lipinski definition) is 1. The number of carbonyl (C=O) groups is 1. The zero-order chi connectivity index (χ0) is 16.2. The predicted molar refractivity (Wildman–Crippen MR) is 86.9 cm³/mol. The van der Waals surface area contributed by atoms with Gasteiger partial charge >= 0.3 is 0 Å². The van der Waals surface area contributed by atoms with Crippen molar-refractivity contribution < 1.29 is 13.9 Å². The Hall–Kier alpha value is -2.95. The highest BCUT2D eigenvalue weighted by Crippen LogP contribution is 2.18. The first-order chi connectivity index (χ1) is 11.1. The van der Waals surface area contributed by atoms with Crippen molar-refractivity contribution in [3.63, 3.8) is 0 Å². The summed E-state index contributed by atoms with van der Waals surface area (Å²) in [6, 6.07) is 14.9. The summed E-state index contributed by atoms with van der Waals surface area (Å²) in [5, 5.41) is 3.72. The van der Waals surface area contributed by atoms with Gasteiger partial charge in [-0.2, -0.15) is 0 Å². The highest BCUT2D eigenvalue weighted by atomic mass is 19.1. The molecule has 1 aromatic heterocycles. The van der Waals surface area contributed by atoms with Crippen LogP contribution in [0.15, 0.2) is 60.8 Å². The Morgan fingerprint density at radius 3 is 2.87 bits per heavy atom. The quantitative estimate of drug-likeness (QED) is 0.798. The summed E-state index contributed by atoms with van der Waals surface area (Å²) in [4.78, 5) is 16.4. The topological polar surface area (TPSA) is 51.2 Å². The molecule has 5 heteroatoms. The molecule has 0 saturated heterocycles. The minimum atomic E-state index is -0.749. The summed E-state index contributed by atoms with van der Waals surface area (Å²) < 4.78 is 18.6. The van der Waals surface area contributed by atoms with Gasteiger partial charge in [0.15, 0.2) is 6.10 Å². The van der Waals surface area contributed by atoms with Gasteiger partial charge < -0.3 is 10.1 Å². The second-order valence-electron chi connectivity index (χ2n) is 5.12. The van der Waals surface area contributed by atoms with Crippen molar-refractivity contribution >= 4 is 22.5 Å². The standard InChI is InChI=1S/C18H15FN2O2/c1-12(23-16-6-2-5-14(19)11-16)18(22)21-15-7-8-17-13(10-15)4-3-9-20-17/h2-12H,1H3,(H,21,22). The van der Waals surface area contributed by atoms with Crippen LogP contribution in [0.4, 0.5) is 10.1 Å². The molecular weight excluding hydrogens is 295 g/mol. The SMILES string of the molecule is CC(Oc1cccc(F)c1)C(=O)Nc1ccc2ncccc2c1. The van der Waals surface area contributed by atoms with Crippen LogP contribution in [0, 0.1) is 5.82 Å². The molecule has 1 heterocycles. The maximum absolute atomic E-state index is 13.1. The fourth-order valence-corrected chi connectivity index (χ4v) is 2.20. The number of hydrogen-bond acceptors (Lipinski definition) is 3. The van der Waals surface area contributed by atoms with E-state index in [1.165, 1.54) is 18.2 Å². The van der Waals surface area contributed by atoms with Crippen molar-refractivity contribution in [2.45, 2.75) is 13.0 Å². The van der Waals surface area contributed by atoms with E-state index in [9.17, 15) is 9.18 Å². The molecule has 0 saturated carbocycles. The molecule has 0 aliphatic heterocycles. The number of rotatable bonds is 4. The molecule has 0 aliphatic rings. The van der Waals surface area contributed by atoms with E-state index in [1.54, 1.807) is 25.3 Å². The maximum Gasteiger partial charge on any atom is 0.265 e. The Morgan fingerprint density at radius 2 is 2.04 bits per heavy atom. The van der Waals surface area contributed by atoms with E-state index in [1.807, 2.05) is 24.3 Å². The van der Waals surface area contributed by atoms with Gasteiger partial charge in [-0.3, -0.25) is 9.78 Å². The summed E-state index contributed by atoms with van der Waals surface area (Å²) >= 11 is 0. The third kappa shape index (κ3) is 3.63. The molecular formula is C18H15FN2O2. The fraction of sp³-hybridized carbons (Fsp3) is 0.111. The summed E-state index contributed by atoms with van der Waals surface area (Å²) in [5.74, 6) is -0.398. The van der Waals surface area contributed by atoms with Gasteiger partial charge in [0, 0.05) is 23.3 Å². The van der Waals surface area contributed by atoms with Crippen LogP contribution in [-0.4, -0.2) is 17.0 Å². The van der Waals surface area contributed by atoms with Gasteiger partial charge in [0.05, 0.1) is 5.52 Å². The van der Waals surface area contributed by atoms with Crippen LogP contribution >= 0.6 is 0 Å². The Kier molecular flexibility index (Phi) is 4.19. The van der Waals surface area contributed by atoms with Crippen molar-refractivity contribution in [2.75, 3.05) is 5.32 Å². The Bertz CT molecular complexity index is 851. The number of ether oxygens (including phenoxy) is 1. The van der Waals surface area contributed by atoms with Crippen molar-refractivity contribution in [2.24, 2.45) is 0 Å². The first kappa shape index (κ1) is 15.0. The zero-order valence-electron chi connectivity index (χ0n) is 12.5. The number of pyridine rings is 1. The van der Waals surface area contributed by atoms with Crippen LogP contribution in [0.2, 0.25) is 0 Å². The number of anilines is 1. The lowest BCUT2D eigenvalue weighted by Gasteiger charge is -2.15. The van der Waals surface area contributed by atoms with Crippen LogP contribution < -0.4 is 10.1 Å². The van der Waals surface area contributed by atoms with Gasteiger partial charge in [-0.05, 0) is 43.3 Å². The van der Waals surface area contributed by atoms with E-state index in [-0.39, 0.29) is 5.91 Å². The second-order valence-corrected chi connectivity index (χ2v) is 5.12. The van der Waals surface area contributed by atoms with Crippen molar-refractivity contribution in [3.05, 3.63) is 66.6 Å². The molecule has 3 aromatic rings. The van der Waals surface area contributed by atoms with Crippen LogP contribution in [0.1, 0.15) is 6.92 Å². The van der Waals surface area contributed by atoms with Crippen molar-refractivity contribution in [1.82, 2.24) is 4.98 Å². The number of fused-ring (bicyclic) bond motifs is 1. The van der Waals surface area contributed by atoms with Gasteiger partial charge in [-0.25, -0.2) is 4.39 Å². The summed E-state index contributed by atoms with van der Waals surface area (Å²) in [5.41, 5.74) is 1.51. The Morgan fingerprint density at radius 1 is 1.17 bits per heavy atom. The number of aromatic nitrogens is 1. The molecule has 0 bridgehead atoms. The minimum absolute atomic E-state index is 0.308. The Balaban J connectivity index is 1.69. The lowest BCUT2D eigenvalue weighted by molar-refractivity contribution is -0.122. The number of carbonyl (C=O) groups excluding carboxylic acids is 1. The molecule has 0 aliphatic carbocycles. The third-order valence-electron chi connectivity index (χ3n) is 3.35. The van der Waals surface area contributed by atoms with E-state index < -0.39 is 11.9 Å². The number of benzene rings is 2. The van der Waals surface area contributed by atoms with E-state index in [2.05, 4.69) is 10.3 Å². The maximum atomic E-state index is 13.1. The van der Waals surface area contributed by atoms with Crippen LogP contribution in [-0.2, 0) is 4.79 Å². The minimum Gasteiger partial charge on any atom is -0.481 e. The summed E-state index contributed by atoms with van der Waals surface area (Å²) in [6.45, 7) is 1.61. The van der Waals surface area contributed by atoms with Crippen molar-refractivity contribution in [1.29, 1.82) is 0 Å². The average Bonchev–Trinajstić information content (AvgIpc) is 2.54. The number of nitrogens with one attached hydrogen (secondary N) is 1. The third-order valence-corrected chi connectivity index (χ3v) is 3.35. The van der Waals surface area contributed by atoms with Crippen LogP contribution in [0.5, 0.6) is 5.75 Å². The van der Waals surface area contributed by atoms with E-state index in [0.717, 1.165) is 10.9 Å². The van der Waals surface area contributed by atoms with Gasteiger partial charge in [0.1, 0.15) is 11.6 Å². The fourth-order valence-electron chi connectivity index (χ4n) is 2.20. The molecule has 1 unspecified atom stereocenters. The molecule has 0 spiro atoms. The molecule has 3 rings (SSSR count). The second kappa shape index (κ2) is 6.44. The van der Waals surface area contributed by atoms with Crippen LogP contribution in [0.3, 0.4) is 0 Å². The van der Waals surface area contributed by atoms with Crippen LogP contribution in [0.25, 0.3) is 10.9 Å². The monoisotopic (exact) mass is 310 g/mol. The van der Waals surface area contributed by atoms with Crippen molar-refractivity contribution in [3.8, 4) is 5.75 Å². The molecule has 0 radical (unpaired) electrons. The van der Waals surface area contributed by atoms with Gasteiger partial charge in [-0.1, -0.05) is 12.1 Å². The Labute approximate surface area is 132 Å². The average molecular weight is 310 g/mol. The van der Waals surface area contributed by atoms with E-state index in [0.29, 0.717) is 11.4 Å². The number of nitrogens with zero attached hydrogens (tertiary/aromatic N) is 1. The molecule has 1 amide bonds. The number of halogens is 1. The largest absolute Gasteiger partial charge is 0.481 e. The lowest BCUT2D eigenvalue weighted by atomic mass is 10.2. The normalized spacial score (nSPS) is 11.9. The molecule has 2 aromatic carbocycles. The van der Waals surface area contributed by atoms with Gasteiger partial charge in [0.2, 0.25) is 0 Å². The molecule has 1 atom stereocenters. The lowest BCUT2D eigenvalue weighted by Crippen LogP contribution is -2.30. The van der Waals surface area contributed by atoms with E-state index in [4.69, 9.17) is 4.74 Å². The molecule has 1 N–H and O–H groups in total. The van der Waals surface area contributed by atoms with Gasteiger partial charge in [0.25, 0.3) is 5.91 Å². The molecule has 23 heavy (non-hydrogen) atoms.